The summed E-state index contributed by atoms with van der Waals surface area (Å²) in [5, 5.41) is 0. The first-order valence-electron chi connectivity index (χ1n) is 7.31. The fraction of sp³-hybridized carbons (Fsp3) is 0.471. The normalized spacial score (nSPS) is 15.3. The molecule has 1 saturated carbocycles. The van der Waals surface area contributed by atoms with E-state index in [9.17, 15) is 4.79 Å². The number of methoxy groups -OCH3 is 1. The summed E-state index contributed by atoms with van der Waals surface area (Å²) >= 11 is 0. The van der Waals surface area contributed by atoms with Gasteiger partial charge in [0.2, 0.25) is 0 Å². The number of carbonyl (C=O) groups excluding carboxylic acids is 1. The lowest BCUT2D eigenvalue weighted by molar-refractivity contribution is -0.143. The summed E-state index contributed by atoms with van der Waals surface area (Å²) in [6, 6.07) is 8.05. The summed E-state index contributed by atoms with van der Waals surface area (Å²) in [6.07, 6.45) is 3.49. The Morgan fingerprint density at radius 2 is 2.29 bits per heavy atom. The Morgan fingerprint density at radius 3 is 2.90 bits per heavy atom. The van der Waals surface area contributed by atoms with E-state index >= 15 is 0 Å². The molecule has 0 bridgehead atoms. The number of nitrogens with zero attached hydrogens (tertiary/aromatic N) is 1. The van der Waals surface area contributed by atoms with E-state index in [4.69, 9.17) is 9.47 Å². The molecule has 1 aromatic carbocycles. The third-order valence-corrected chi connectivity index (χ3v) is 3.58. The second-order valence-electron chi connectivity index (χ2n) is 5.32. The van der Waals surface area contributed by atoms with Gasteiger partial charge in [0.15, 0.2) is 0 Å². The molecule has 4 nitrogen and oxygen atoms in total. The minimum absolute atomic E-state index is 0.0419. The van der Waals surface area contributed by atoms with Crippen molar-refractivity contribution in [3.05, 3.63) is 42.5 Å². The van der Waals surface area contributed by atoms with Crippen LogP contribution in [0.2, 0.25) is 0 Å². The predicted molar refractivity (Wildman–Crippen MR) is 82.2 cm³/mol. The lowest BCUT2D eigenvalue weighted by Crippen LogP contribution is -2.40. The molecule has 0 aliphatic heterocycles. The first-order chi connectivity index (χ1) is 10.2. The quantitative estimate of drug-likeness (QED) is 0.691. The number of hydrogen-bond acceptors (Lipinski definition) is 3. The molecular weight excluding hydrogens is 266 g/mol. The maximum Gasteiger partial charge on any atom is 0.251 e. The number of ether oxygens (including phenoxy) is 2. The first kappa shape index (κ1) is 15.6. The van der Waals surface area contributed by atoms with Crippen LogP contribution >= 0.6 is 0 Å². The Balaban J connectivity index is 1.89. The Labute approximate surface area is 126 Å². The highest BCUT2D eigenvalue weighted by atomic mass is 16.5. The van der Waals surface area contributed by atoms with E-state index in [0.29, 0.717) is 19.2 Å². The van der Waals surface area contributed by atoms with Crippen molar-refractivity contribution in [2.24, 2.45) is 0 Å². The molecule has 114 valence electrons. The van der Waals surface area contributed by atoms with Gasteiger partial charge in [-0.25, -0.2) is 0 Å². The molecule has 1 amide bonds. The van der Waals surface area contributed by atoms with Gasteiger partial charge in [0.05, 0.1) is 13.7 Å². The molecule has 0 spiro atoms. The minimum atomic E-state index is -0.447. The number of amides is 1. The largest absolute Gasteiger partial charge is 0.497 e. The van der Waals surface area contributed by atoms with Crippen molar-refractivity contribution >= 4 is 5.91 Å². The summed E-state index contributed by atoms with van der Waals surface area (Å²) < 4.78 is 10.9. The van der Waals surface area contributed by atoms with Crippen LogP contribution in [-0.2, 0) is 16.1 Å². The van der Waals surface area contributed by atoms with Crippen molar-refractivity contribution in [2.45, 2.75) is 38.5 Å². The van der Waals surface area contributed by atoms with E-state index < -0.39 is 6.10 Å². The Hall–Kier alpha value is -1.81. The smallest absolute Gasteiger partial charge is 0.251 e. The van der Waals surface area contributed by atoms with Crippen LogP contribution in [0.25, 0.3) is 0 Å². The maximum atomic E-state index is 12.4. The van der Waals surface area contributed by atoms with Gasteiger partial charge in [-0.1, -0.05) is 18.2 Å². The highest BCUT2D eigenvalue weighted by Gasteiger charge is 2.33. The number of benzene rings is 1. The van der Waals surface area contributed by atoms with Crippen LogP contribution in [0.4, 0.5) is 0 Å². The van der Waals surface area contributed by atoms with Gasteiger partial charge < -0.3 is 14.4 Å². The summed E-state index contributed by atoms with van der Waals surface area (Å²) in [6.45, 7) is 6.52. The maximum absolute atomic E-state index is 12.4. The molecule has 1 aromatic rings. The van der Waals surface area contributed by atoms with Crippen molar-refractivity contribution < 1.29 is 14.3 Å². The van der Waals surface area contributed by atoms with Crippen molar-refractivity contribution in [3.8, 4) is 5.75 Å². The van der Waals surface area contributed by atoms with Gasteiger partial charge in [-0.05, 0) is 37.5 Å². The lowest BCUT2D eigenvalue weighted by atomic mass is 10.2. The molecule has 1 aliphatic rings. The summed E-state index contributed by atoms with van der Waals surface area (Å²) in [5.41, 5.74) is 0.996. The molecule has 4 heteroatoms. The molecule has 0 saturated heterocycles. The van der Waals surface area contributed by atoms with Crippen LogP contribution in [0.5, 0.6) is 5.75 Å². The Morgan fingerprint density at radius 1 is 1.52 bits per heavy atom. The van der Waals surface area contributed by atoms with E-state index in [0.717, 1.165) is 24.2 Å². The van der Waals surface area contributed by atoms with Crippen molar-refractivity contribution in [3.63, 3.8) is 0 Å². The highest BCUT2D eigenvalue weighted by molar-refractivity contribution is 5.81. The zero-order valence-electron chi connectivity index (χ0n) is 12.7. The first-order valence-corrected chi connectivity index (χ1v) is 7.31. The number of rotatable bonds is 8. The number of hydrogen-bond donors (Lipinski definition) is 0. The molecular formula is C17H23NO3. The van der Waals surface area contributed by atoms with E-state index in [1.165, 1.54) is 0 Å². The number of carbonyl (C=O) groups is 1. The molecule has 2 rings (SSSR count). The van der Waals surface area contributed by atoms with E-state index in [1.54, 1.807) is 20.1 Å². The average Bonchev–Trinajstić information content (AvgIpc) is 3.34. The standard InChI is InChI=1S/C17H23NO3/c1-4-10-18(15-8-9-15)17(19)13(2)21-12-14-6-5-7-16(11-14)20-3/h4-7,11,13,15H,1,8-10,12H2,2-3H3/t13-/m1/s1. The van der Waals surface area contributed by atoms with Crippen LogP contribution < -0.4 is 4.74 Å². The fourth-order valence-corrected chi connectivity index (χ4v) is 2.23. The second-order valence-corrected chi connectivity index (χ2v) is 5.32. The molecule has 1 atom stereocenters. The SMILES string of the molecule is C=CCN(C(=O)[C@@H](C)OCc1cccc(OC)c1)C1CC1. The van der Waals surface area contributed by atoms with E-state index in [1.807, 2.05) is 29.2 Å². The molecule has 0 N–H and O–H groups in total. The zero-order valence-corrected chi connectivity index (χ0v) is 12.7. The van der Waals surface area contributed by atoms with Gasteiger partial charge in [-0.15, -0.1) is 6.58 Å². The van der Waals surface area contributed by atoms with Gasteiger partial charge in [0.1, 0.15) is 11.9 Å². The van der Waals surface area contributed by atoms with E-state index in [2.05, 4.69) is 6.58 Å². The Bertz CT molecular complexity index is 497. The predicted octanol–water partition coefficient (Wildman–Crippen LogP) is 2.78. The average molecular weight is 289 g/mol. The van der Waals surface area contributed by atoms with Crippen molar-refractivity contribution in [1.29, 1.82) is 0 Å². The van der Waals surface area contributed by atoms with Gasteiger partial charge >= 0.3 is 0 Å². The molecule has 0 aromatic heterocycles. The van der Waals surface area contributed by atoms with Crippen LogP contribution in [0.3, 0.4) is 0 Å². The van der Waals surface area contributed by atoms with Gasteiger partial charge in [-0.3, -0.25) is 4.79 Å². The molecule has 0 heterocycles. The van der Waals surface area contributed by atoms with E-state index in [-0.39, 0.29) is 5.91 Å². The second kappa shape index (κ2) is 7.27. The highest BCUT2D eigenvalue weighted by Crippen LogP contribution is 2.27. The third-order valence-electron chi connectivity index (χ3n) is 3.58. The summed E-state index contributed by atoms with van der Waals surface area (Å²) in [4.78, 5) is 14.3. The molecule has 21 heavy (non-hydrogen) atoms. The molecule has 0 radical (unpaired) electrons. The Kier molecular flexibility index (Phi) is 5.39. The lowest BCUT2D eigenvalue weighted by Gasteiger charge is -2.24. The van der Waals surface area contributed by atoms with Crippen molar-refractivity contribution in [1.82, 2.24) is 4.90 Å². The van der Waals surface area contributed by atoms with Gasteiger partial charge in [0, 0.05) is 12.6 Å². The third kappa shape index (κ3) is 4.33. The summed E-state index contributed by atoms with van der Waals surface area (Å²) in [7, 11) is 1.63. The fourth-order valence-electron chi connectivity index (χ4n) is 2.23. The molecule has 1 fully saturated rings. The van der Waals surface area contributed by atoms with Crippen LogP contribution in [0.1, 0.15) is 25.3 Å². The zero-order chi connectivity index (χ0) is 15.2. The monoisotopic (exact) mass is 289 g/mol. The van der Waals surface area contributed by atoms with Gasteiger partial charge in [-0.2, -0.15) is 0 Å². The minimum Gasteiger partial charge on any atom is -0.497 e. The summed E-state index contributed by atoms with van der Waals surface area (Å²) in [5.74, 6) is 0.835. The van der Waals surface area contributed by atoms with Crippen molar-refractivity contribution in [2.75, 3.05) is 13.7 Å². The van der Waals surface area contributed by atoms with Crippen LogP contribution in [0.15, 0.2) is 36.9 Å². The van der Waals surface area contributed by atoms with Crippen LogP contribution in [0, 0.1) is 0 Å². The molecule has 1 aliphatic carbocycles. The van der Waals surface area contributed by atoms with Gasteiger partial charge in [0.25, 0.3) is 5.91 Å². The topological polar surface area (TPSA) is 38.8 Å². The molecule has 0 unspecified atom stereocenters. The van der Waals surface area contributed by atoms with Crippen LogP contribution in [-0.4, -0.2) is 36.6 Å².